The van der Waals surface area contributed by atoms with Crippen molar-refractivity contribution in [1.82, 2.24) is 0 Å². The molecule has 0 N–H and O–H groups in total. The van der Waals surface area contributed by atoms with E-state index in [4.69, 9.17) is 9.47 Å². The molecule has 0 atom stereocenters. The standard InChI is InChI=1S/C13H18O4/c1-13(2,3)17-11-7-5-10(6-8-11)16-12(14)9-15-4/h5-8H,9H2,1-4H3. The highest BCUT2D eigenvalue weighted by molar-refractivity contribution is 5.73. The molecule has 0 spiro atoms. The third-order valence-electron chi connectivity index (χ3n) is 1.74. The van der Waals surface area contributed by atoms with Crippen LogP contribution in [0.2, 0.25) is 0 Å². The van der Waals surface area contributed by atoms with Gasteiger partial charge in [0.2, 0.25) is 0 Å². The second-order valence-corrected chi connectivity index (χ2v) is 4.59. The molecule has 0 aliphatic rings. The Morgan fingerprint density at radius 3 is 2.12 bits per heavy atom. The van der Waals surface area contributed by atoms with Crippen molar-refractivity contribution in [2.24, 2.45) is 0 Å². The Kier molecular flexibility index (Phi) is 4.52. The molecule has 0 heterocycles. The van der Waals surface area contributed by atoms with Crippen LogP contribution in [0.5, 0.6) is 11.5 Å². The van der Waals surface area contributed by atoms with E-state index in [-0.39, 0.29) is 12.2 Å². The summed E-state index contributed by atoms with van der Waals surface area (Å²) in [7, 11) is 1.45. The Labute approximate surface area is 101 Å². The molecular formula is C13H18O4. The van der Waals surface area contributed by atoms with Crippen LogP contribution in [0.15, 0.2) is 24.3 Å². The molecule has 0 fully saturated rings. The van der Waals surface area contributed by atoms with Gasteiger partial charge in [0.15, 0.2) is 0 Å². The quantitative estimate of drug-likeness (QED) is 0.597. The smallest absolute Gasteiger partial charge is 0.337 e. The number of rotatable bonds is 4. The van der Waals surface area contributed by atoms with Crippen LogP contribution in [0.3, 0.4) is 0 Å². The number of esters is 1. The lowest BCUT2D eigenvalue weighted by Crippen LogP contribution is -2.22. The van der Waals surface area contributed by atoms with Crippen LogP contribution in [0.4, 0.5) is 0 Å². The molecule has 1 aromatic rings. The molecule has 1 aromatic carbocycles. The lowest BCUT2D eigenvalue weighted by Gasteiger charge is -2.21. The number of methoxy groups -OCH3 is 1. The number of hydrogen-bond donors (Lipinski definition) is 0. The normalized spacial score (nSPS) is 11.1. The fourth-order valence-electron chi connectivity index (χ4n) is 1.21. The van der Waals surface area contributed by atoms with Crippen molar-refractivity contribution in [1.29, 1.82) is 0 Å². The summed E-state index contributed by atoms with van der Waals surface area (Å²) in [6, 6.07) is 6.91. The third-order valence-corrected chi connectivity index (χ3v) is 1.74. The van der Waals surface area contributed by atoms with Crippen LogP contribution in [-0.2, 0) is 9.53 Å². The minimum atomic E-state index is -0.419. The van der Waals surface area contributed by atoms with Crippen LogP contribution in [0.25, 0.3) is 0 Å². The summed E-state index contributed by atoms with van der Waals surface area (Å²) in [5, 5.41) is 0. The SMILES string of the molecule is COCC(=O)Oc1ccc(OC(C)(C)C)cc1. The van der Waals surface area contributed by atoms with Gasteiger partial charge in [-0.15, -0.1) is 0 Å². The molecule has 0 saturated heterocycles. The number of carbonyl (C=O) groups excluding carboxylic acids is 1. The number of carbonyl (C=O) groups is 1. The maximum atomic E-state index is 11.1. The van der Waals surface area contributed by atoms with Crippen LogP contribution >= 0.6 is 0 Å². The lowest BCUT2D eigenvalue weighted by atomic mass is 10.2. The molecule has 0 aliphatic heterocycles. The monoisotopic (exact) mass is 238 g/mol. The summed E-state index contributed by atoms with van der Waals surface area (Å²) < 4.78 is 15.3. The van der Waals surface area contributed by atoms with E-state index < -0.39 is 5.97 Å². The van der Waals surface area contributed by atoms with Crippen molar-refractivity contribution in [2.75, 3.05) is 13.7 Å². The van der Waals surface area contributed by atoms with Gasteiger partial charge >= 0.3 is 5.97 Å². The highest BCUT2D eigenvalue weighted by atomic mass is 16.6. The van der Waals surface area contributed by atoms with Gasteiger partial charge in [0.25, 0.3) is 0 Å². The first-order valence-corrected chi connectivity index (χ1v) is 5.39. The number of ether oxygens (including phenoxy) is 3. The van der Waals surface area contributed by atoms with E-state index >= 15 is 0 Å². The van der Waals surface area contributed by atoms with E-state index in [0.29, 0.717) is 5.75 Å². The van der Waals surface area contributed by atoms with Crippen LogP contribution in [0, 0.1) is 0 Å². The van der Waals surface area contributed by atoms with Crippen molar-refractivity contribution in [2.45, 2.75) is 26.4 Å². The summed E-state index contributed by atoms with van der Waals surface area (Å²) in [5.74, 6) is 0.800. The van der Waals surface area contributed by atoms with E-state index in [1.54, 1.807) is 24.3 Å². The molecule has 17 heavy (non-hydrogen) atoms. The summed E-state index contributed by atoms with van der Waals surface area (Å²) in [6.07, 6.45) is 0. The van der Waals surface area contributed by atoms with E-state index in [1.165, 1.54) is 7.11 Å². The first-order valence-electron chi connectivity index (χ1n) is 5.39. The molecule has 0 radical (unpaired) electrons. The zero-order valence-corrected chi connectivity index (χ0v) is 10.6. The van der Waals surface area contributed by atoms with Gasteiger partial charge in [0.05, 0.1) is 0 Å². The molecule has 0 aromatic heterocycles. The maximum absolute atomic E-state index is 11.1. The first kappa shape index (κ1) is 13.5. The van der Waals surface area contributed by atoms with E-state index in [9.17, 15) is 4.79 Å². The van der Waals surface area contributed by atoms with E-state index in [0.717, 1.165) is 5.75 Å². The topological polar surface area (TPSA) is 44.8 Å². The molecule has 0 saturated carbocycles. The largest absolute Gasteiger partial charge is 0.488 e. The van der Waals surface area contributed by atoms with Crippen LogP contribution in [0.1, 0.15) is 20.8 Å². The maximum Gasteiger partial charge on any atom is 0.337 e. The molecule has 4 nitrogen and oxygen atoms in total. The second kappa shape index (κ2) is 5.68. The van der Waals surface area contributed by atoms with Gasteiger partial charge in [-0.25, -0.2) is 4.79 Å². The Balaban J connectivity index is 2.59. The third kappa shape index (κ3) is 5.36. The number of hydrogen-bond acceptors (Lipinski definition) is 4. The Bertz CT molecular complexity index is 362. The lowest BCUT2D eigenvalue weighted by molar-refractivity contribution is -0.138. The van der Waals surface area contributed by atoms with Gasteiger partial charge in [-0.05, 0) is 45.0 Å². The van der Waals surface area contributed by atoms with Crippen molar-refractivity contribution in [3.8, 4) is 11.5 Å². The van der Waals surface area contributed by atoms with Crippen molar-refractivity contribution in [3.05, 3.63) is 24.3 Å². The van der Waals surface area contributed by atoms with Gasteiger partial charge in [0.1, 0.15) is 23.7 Å². The average molecular weight is 238 g/mol. The minimum Gasteiger partial charge on any atom is -0.488 e. The zero-order chi connectivity index (χ0) is 12.9. The minimum absolute atomic E-state index is 0.0553. The van der Waals surface area contributed by atoms with Gasteiger partial charge in [0, 0.05) is 7.11 Å². The fraction of sp³-hybridized carbons (Fsp3) is 0.462. The van der Waals surface area contributed by atoms with Gasteiger partial charge < -0.3 is 14.2 Å². The molecule has 1 rings (SSSR count). The molecule has 94 valence electrons. The zero-order valence-electron chi connectivity index (χ0n) is 10.6. The Hall–Kier alpha value is -1.55. The molecule has 0 amide bonds. The molecule has 0 unspecified atom stereocenters. The second-order valence-electron chi connectivity index (χ2n) is 4.59. The molecule has 0 bridgehead atoms. The van der Waals surface area contributed by atoms with Crippen molar-refractivity contribution in [3.63, 3.8) is 0 Å². The molecular weight excluding hydrogens is 220 g/mol. The van der Waals surface area contributed by atoms with Gasteiger partial charge in [-0.2, -0.15) is 0 Å². The first-order chi connectivity index (χ1) is 7.90. The summed E-state index contributed by atoms with van der Waals surface area (Å²) in [5.41, 5.74) is -0.242. The van der Waals surface area contributed by atoms with Crippen LogP contribution < -0.4 is 9.47 Å². The summed E-state index contributed by atoms with van der Waals surface area (Å²) in [4.78, 5) is 11.1. The summed E-state index contributed by atoms with van der Waals surface area (Å²) >= 11 is 0. The molecule has 4 heteroatoms. The predicted octanol–water partition coefficient (Wildman–Crippen LogP) is 2.42. The van der Waals surface area contributed by atoms with E-state index in [1.807, 2.05) is 20.8 Å². The highest BCUT2D eigenvalue weighted by Gasteiger charge is 2.11. The van der Waals surface area contributed by atoms with E-state index in [2.05, 4.69) is 4.74 Å². The highest BCUT2D eigenvalue weighted by Crippen LogP contribution is 2.21. The predicted molar refractivity (Wildman–Crippen MR) is 64.3 cm³/mol. The average Bonchev–Trinajstić information content (AvgIpc) is 2.19. The Morgan fingerprint density at radius 2 is 1.65 bits per heavy atom. The summed E-state index contributed by atoms with van der Waals surface area (Å²) in [6.45, 7) is 5.86. The van der Waals surface area contributed by atoms with Crippen molar-refractivity contribution >= 4 is 5.97 Å². The van der Waals surface area contributed by atoms with Gasteiger partial charge in [-0.1, -0.05) is 0 Å². The number of benzene rings is 1. The van der Waals surface area contributed by atoms with Gasteiger partial charge in [-0.3, -0.25) is 0 Å². The van der Waals surface area contributed by atoms with Crippen molar-refractivity contribution < 1.29 is 19.0 Å². The van der Waals surface area contributed by atoms with Crippen LogP contribution in [-0.4, -0.2) is 25.3 Å². The molecule has 0 aliphatic carbocycles. The fourth-order valence-corrected chi connectivity index (χ4v) is 1.21. The Morgan fingerprint density at radius 1 is 1.12 bits per heavy atom.